The van der Waals surface area contributed by atoms with Crippen LogP contribution in [0.15, 0.2) is 16.6 Å². The molecule has 0 aliphatic carbocycles. The van der Waals surface area contributed by atoms with E-state index in [-0.39, 0.29) is 15.6 Å². The van der Waals surface area contributed by atoms with Crippen molar-refractivity contribution in [2.75, 3.05) is 7.11 Å². The van der Waals surface area contributed by atoms with E-state index >= 15 is 0 Å². The first-order valence-corrected chi connectivity index (χ1v) is 4.37. The molecule has 0 aliphatic heterocycles. The van der Waals surface area contributed by atoms with Crippen molar-refractivity contribution < 1.29 is 13.9 Å². The van der Waals surface area contributed by atoms with E-state index in [0.29, 0.717) is 0 Å². The number of methoxy groups -OCH3 is 1. The van der Waals surface area contributed by atoms with Crippen LogP contribution in [0, 0.1) is 17.1 Å². The van der Waals surface area contributed by atoms with Gasteiger partial charge in [0.05, 0.1) is 22.7 Å². The molecular formula is C9H5BrFNO2. The van der Waals surface area contributed by atoms with Gasteiger partial charge >= 0.3 is 5.97 Å². The zero-order valence-corrected chi connectivity index (χ0v) is 8.76. The quantitative estimate of drug-likeness (QED) is 0.726. The Morgan fingerprint density at radius 2 is 2.29 bits per heavy atom. The molecular weight excluding hydrogens is 253 g/mol. The van der Waals surface area contributed by atoms with Gasteiger partial charge in [0.25, 0.3) is 0 Å². The summed E-state index contributed by atoms with van der Waals surface area (Å²) in [7, 11) is 1.20. The molecule has 0 bridgehead atoms. The molecule has 0 aromatic heterocycles. The summed E-state index contributed by atoms with van der Waals surface area (Å²) in [5.74, 6) is -1.25. The highest BCUT2D eigenvalue weighted by molar-refractivity contribution is 9.10. The van der Waals surface area contributed by atoms with Crippen LogP contribution < -0.4 is 0 Å². The van der Waals surface area contributed by atoms with Gasteiger partial charge < -0.3 is 4.74 Å². The van der Waals surface area contributed by atoms with E-state index in [4.69, 9.17) is 5.26 Å². The van der Waals surface area contributed by atoms with Crippen molar-refractivity contribution in [3.63, 3.8) is 0 Å². The lowest BCUT2D eigenvalue weighted by Crippen LogP contribution is -2.05. The normalized spacial score (nSPS) is 9.29. The first-order valence-electron chi connectivity index (χ1n) is 3.58. The summed E-state index contributed by atoms with van der Waals surface area (Å²) >= 11 is 2.88. The lowest BCUT2D eigenvalue weighted by Gasteiger charge is -2.03. The molecule has 0 atom stereocenters. The van der Waals surface area contributed by atoms with Crippen molar-refractivity contribution in [2.24, 2.45) is 0 Å². The number of hydrogen-bond donors (Lipinski definition) is 0. The molecule has 1 rings (SSSR count). The Kier molecular flexibility index (Phi) is 3.20. The molecule has 0 N–H and O–H groups in total. The van der Waals surface area contributed by atoms with Crippen LogP contribution in [0.4, 0.5) is 4.39 Å². The maximum absolute atomic E-state index is 13.0. The third kappa shape index (κ3) is 1.75. The Balaban J connectivity index is 3.40. The Morgan fingerprint density at radius 1 is 1.64 bits per heavy atom. The number of halogens is 2. The van der Waals surface area contributed by atoms with Crippen LogP contribution in [-0.2, 0) is 4.74 Å². The predicted octanol–water partition coefficient (Wildman–Crippen LogP) is 2.25. The fourth-order valence-electron chi connectivity index (χ4n) is 0.940. The van der Waals surface area contributed by atoms with Gasteiger partial charge in [-0.25, -0.2) is 9.18 Å². The second-order valence-corrected chi connectivity index (χ2v) is 3.18. The van der Waals surface area contributed by atoms with Crippen LogP contribution in [0.2, 0.25) is 0 Å². The average Bonchev–Trinajstić information content (AvgIpc) is 2.20. The van der Waals surface area contributed by atoms with Gasteiger partial charge in [0.1, 0.15) is 11.9 Å². The minimum Gasteiger partial charge on any atom is -0.465 e. The summed E-state index contributed by atoms with van der Waals surface area (Å²) in [6.45, 7) is 0. The maximum Gasteiger partial charge on any atom is 0.339 e. The van der Waals surface area contributed by atoms with E-state index in [1.807, 2.05) is 0 Å². The molecule has 0 saturated carbocycles. The number of rotatable bonds is 1. The highest BCUT2D eigenvalue weighted by Gasteiger charge is 2.16. The number of benzene rings is 1. The lowest BCUT2D eigenvalue weighted by atomic mass is 10.1. The molecule has 3 nitrogen and oxygen atoms in total. The van der Waals surface area contributed by atoms with E-state index in [1.54, 1.807) is 6.07 Å². The summed E-state index contributed by atoms with van der Waals surface area (Å²) in [6, 6.07) is 4.04. The number of nitrogens with zero attached hydrogens (tertiary/aromatic N) is 1. The topological polar surface area (TPSA) is 50.1 Å². The second-order valence-electron chi connectivity index (χ2n) is 2.39. The smallest absolute Gasteiger partial charge is 0.339 e. The standard InChI is InChI=1S/C9H5BrFNO2/c1-14-9(13)5-2-3-7(11)8(10)6(5)4-12/h2-3H,1H3. The summed E-state index contributed by atoms with van der Waals surface area (Å²) in [5.41, 5.74) is -0.0138. The molecule has 0 spiro atoms. The number of nitriles is 1. The molecule has 0 heterocycles. The molecule has 0 radical (unpaired) electrons. The summed E-state index contributed by atoms with van der Waals surface area (Å²) < 4.78 is 17.4. The summed E-state index contributed by atoms with van der Waals surface area (Å²) in [5, 5.41) is 8.71. The Morgan fingerprint density at radius 3 is 2.79 bits per heavy atom. The van der Waals surface area contributed by atoms with Crippen molar-refractivity contribution in [1.29, 1.82) is 5.26 Å². The van der Waals surface area contributed by atoms with Gasteiger partial charge in [-0.15, -0.1) is 0 Å². The van der Waals surface area contributed by atoms with Gasteiger partial charge in [-0.2, -0.15) is 5.26 Å². The number of carbonyl (C=O) groups is 1. The van der Waals surface area contributed by atoms with Gasteiger partial charge in [0, 0.05) is 0 Å². The van der Waals surface area contributed by atoms with Crippen molar-refractivity contribution in [2.45, 2.75) is 0 Å². The monoisotopic (exact) mass is 257 g/mol. The van der Waals surface area contributed by atoms with Crippen molar-refractivity contribution >= 4 is 21.9 Å². The lowest BCUT2D eigenvalue weighted by molar-refractivity contribution is 0.0600. The molecule has 72 valence electrons. The van der Waals surface area contributed by atoms with Crippen LogP contribution in [0.3, 0.4) is 0 Å². The number of esters is 1. The van der Waals surface area contributed by atoms with Gasteiger partial charge in [-0.05, 0) is 28.1 Å². The zero-order chi connectivity index (χ0) is 10.7. The second kappa shape index (κ2) is 4.20. The van der Waals surface area contributed by atoms with Gasteiger partial charge in [0.15, 0.2) is 0 Å². The molecule has 0 amide bonds. The van der Waals surface area contributed by atoms with E-state index in [2.05, 4.69) is 20.7 Å². The molecule has 5 heteroatoms. The van der Waals surface area contributed by atoms with Crippen LogP contribution in [0.25, 0.3) is 0 Å². The van der Waals surface area contributed by atoms with Crippen molar-refractivity contribution in [3.8, 4) is 6.07 Å². The molecule has 1 aromatic carbocycles. The van der Waals surface area contributed by atoms with E-state index in [0.717, 1.165) is 6.07 Å². The molecule has 0 aliphatic rings. The highest BCUT2D eigenvalue weighted by Crippen LogP contribution is 2.23. The molecule has 14 heavy (non-hydrogen) atoms. The first-order chi connectivity index (χ1) is 6.61. The van der Waals surface area contributed by atoms with Gasteiger partial charge in [0.2, 0.25) is 0 Å². The van der Waals surface area contributed by atoms with Gasteiger partial charge in [-0.3, -0.25) is 0 Å². The van der Waals surface area contributed by atoms with Crippen LogP contribution in [0.1, 0.15) is 15.9 Å². The summed E-state index contributed by atoms with van der Waals surface area (Å²) in [6.07, 6.45) is 0. The fraction of sp³-hybridized carbons (Fsp3) is 0.111. The number of hydrogen-bond acceptors (Lipinski definition) is 3. The summed E-state index contributed by atoms with van der Waals surface area (Å²) in [4.78, 5) is 11.1. The molecule has 0 fully saturated rings. The minimum absolute atomic E-state index is 0.0251. The Hall–Kier alpha value is -1.41. The number of carbonyl (C=O) groups excluding carboxylic acids is 1. The average molecular weight is 258 g/mol. The van der Waals surface area contributed by atoms with Gasteiger partial charge in [-0.1, -0.05) is 0 Å². The van der Waals surface area contributed by atoms with Crippen LogP contribution >= 0.6 is 15.9 Å². The van der Waals surface area contributed by atoms with E-state index in [1.165, 1.54) is 13.2 Å². The fourth-order valence-corrected chi connectivity index (χ4v) is 1.37. The number of ether oxygens (including phenoxy) is 1. The molecule has 1 aromatic rings. The van der Waals surface area contributed by atoms with Crippen molar-refractivity contribution in [1.82, 2.24) is 0 Å². The minimum atomic E-state index is -0.665. The predicted molar refractivity (Wildman–Crippen MR) is 50.2 cm³/mol. The molecule has 0 saturated heterocycles. The van der Waals surface area contributed by atoms with E-state index in [9.17, 15) is 9.18 Å². The zero-order valence-electron chi connectivity index (χ0n) is 7.17. The third-order valence-corrected chi connectivity index (χ3v) is 2.39. The van der Waals surface area contributed by atoms with E-state index < -0.39 is 11.8 Å². The van der Waals surface area contributed by atoms with Crippen LogP contribution in [-0.4, -0.2) is 13.1 Å². The third-order valence-electron chi connectivity index (χ3n) is 1.61. The highest BCUT2D eigenvalue weighted by atomic mass is 79.9. The Labute approximate surface area is 88.2 Å². The Bertz CT molecular complexity index is 426. The SMILES string of the molecule is COC(=O)c1ccc(F)c(Br)c1C#N. The maximum atomic E-state index is 13.0. The largest absolute Gasteiger partial charge is 0.465 e. The first kappa shape index (κ1) is 10.7. The van der Waals surface area contributed by atoms with Crippen molar-refractivity contribution in [3.05, 3.63) is 33.5 Å². The van der Waals surface area contributed by atoms with Crippen LogP contribution in [0.5, 0.6) is 0 Å². The molecule has 0 unspecified atom stereocenters.